The SMILES string of the molecule is CCOc1ccccc1C(N)CS(=O)(=O)CC1CCCO1. The van der Waals surface area contributed by atoms with Crippen molar-refractivity contribution >= 4 is 9.84 Å². The van der Waals surface area contributed by atoms with Crippen LogP contribution in [0.15, 0.2) is 24.3 Å². The van der Waals surface area contributed by atoms with Gasteiger partial charge >= 0.3 is 0 Å². The van der Waals surface area contributed by atoms with Crippen LogP contribution in [0.3, 0.4) is 0 Å². The Labute approximate surface area is 126 Å². The molecule has 1 aromatic carbocycles. The van der Waals surface area contributed by atoms with Gasteiger partial charge in [-0.15, -0.1) is 0 Å². The van der Waals surface area contributed by atoms with Gasteiger partial charge in [-0.1, -0.05) is 18.2 Å². The molecule has 0 aromatic heterocycles. The van der Waals surface area contributed by atoms with Gasteiger partial charge in [-0.2, -0.15) is 0 Å². The molecule has 0 spiro atoms. The molecular formula is C15H23NO4S. The summed E-state index contributed by atoms with van der Waals surface area (Å²) in [6.07, 6.45) is 1.56. The first kappa shape index (κ1) is 16.3. The van der Waals surface area contributed by atoms with E-state index in [1.165, 1.54) is 0 Å². The summed E-state index contributed by atoms with van der Waals surface area (Å²) in [5.41, 5.74) is 6.82. The Morgan fingerprint density at radius 3 is 2.86 bits per heavy atom. The van der Waals surface area contributed by atoms with E-state index in [2.05, 4.69) is 0 Å². The van der Waals surface area contributed by atoms with Crippen molar-refractivity contribution < 1.29 is 17.9 Å². The van der Waals surface area contributed by atoms with Gasteiger partial charge in [0.15, 0.2) is 9.84 Å². The summed E-state index contributed by atoms with van der Waals surface area (Å²) in [7, 11) is -3.25. The van der Waals surface area contributed by atoms with Crippen LogP contribution >= 0.6 is 0 Å². The molecule has 0 saturated carbocycles. The fourth-order valence-electron chi connectivity index (χ4n) is 2.56. The van der Waals surface area contributed by atoms with Crippen molar-refractivity contribution in [2.75, 3.05) is 24.7 Å². The predicted molar refractivity (Wildman–Crippen MR) is 82.2 cm³/mol. The van der Waals surface area contributed by atoms with Crippen LogP contribution < -0.4 is 10.5 Å². The minimum Gasteiger partial charge on any atom is -0.494 e. The van der Waals surface area contributed by atoms with E-state index in [-0.39, 0.29) is 17.6 Å². The van der Waals surface area contributed by atoms with Crippen molar-refractivity contribution in [3.05, 3.63) is 29.8 Å². The number of benzene rings is 1. The van der Waals surface area contributed by atoms with Gasteiger partial charge in [0.2, 0.25) is 0 Å². The fraction of sp³-hybridized carbons (Fsp3) is 0.600. The second-order valence-electron chi connectivity index (χ2n) is 5.29. The van der Waals surface area contributed by atoms with Crippen molar-refractivity contribution in [1.82, 2.24) is 0 Å². The van der Waals surface area contributed by atoms with Crippen molar-refractivity contribution in [2.24, 2.45) is 5.73 Å². The molecule has 118 valence electrons. The van der Waals surface area contributed by atoms with Crippen molar-refractivity contribution in [3.63, 3.8) is 0 Å². The van der Waals surface area contributed by atoms with E-state index in [1.807, 2.05) is 31.2 Å². The third-order valence-corrected chi connectivity index (χ3v) is 5.26. The second-order valence-corrected chi connectivity index (χ2v) is 7.44. The molecule has 1 fully saturated rings. The average Bonchev–Trinajstić information content (AvgIpc) is 2.91. The highest BCUT2D eigenvalue weighted by atomic mass is 32.2. The summed E-state index contributed by atoms with van der Waals surface area (Å²) in [6, 6.07) is 6.73. The molecule has 0 radical (unpaired) electrons. The van der Waals surface area contributed by atoms with Gasteiger partial charge in [-0.3, -0.25) is 0 Å². The standard InChI is InChI=1S/C15H23NO4S/c1-2-19-15-8-4-3-7-13(15)14(16)11-21(17,18)10-12-6-5-9-20-12/h3-4,7-8,12,14H,2,5-6,9-11,16H2,1H3. The molecule has 1 aromatic rings. The lowest BCUT2D eigenvalue weighted by Crippen LogP contribution is -2.28. The Balaban J connectivity index is 2.04. The van der Waals surface area contributed by atoms with E-state index in [4.69, 9.17) is 15.2 Å². The first-order chi connectivity index (χ1) is 10.0. The second kappa shape index (κ2) is 7.24. The van der Waals surface area contributed by atoms with Crippen LogP contribution in [0.1, 0.15) is 31.4 Å². The minimum atomic E-state index is -3.25. The zero-order chi connectivity index (χ0) is 15.3. The summed E-state index contributed by atoms with van der Waals surface area (Å²) >= 11 is 0. The first-order valence-corrected chi connectivity index (χ1v) is 9.13. The zero-order valence-corrected chi connectivity index (χ0v) is 13.1. The molecule has 1 aliphatic heterocycles. The van der Waals surface area contributed by atoms with Crippen LogP contribution in [-0.2, 0) is 14.6 Å². The van der Waals surface area contributed by atoms with Crippen LogP contribution in [0.4, 0.5) is 0 Å². The van der Waals surface area contributed by atoms with E-state index >= 15 is 0 Å². The first-order valence-electron chi connectivity index (χ1n) is 7.31. The maximum Gasteiger partial charge on any atom is 0.154 e. The minimum absolute atomic E-state index is 0.0531. The van der Waals surface area contributed by atoms with Crippen LogP contribution in [0.2, 0.25) is 0 Å². The van der Waals surface area contributed by atoms with Gasteiger partial charge < -0.3 is 15.2 Å². The number of hydrogen-bond donors (Lipinski definition) is 1. The average molecular weight is 313 g/mol. The Bertz CT molecular complexity index is 553. The molecule has 5 nitrogen and oxygen atoms in total. The molecule has 1 saturated heterocycles. The van der Waals surface area contributed by atoms with Gasteiger partial charge in [0, 0.05) is 18.2 Å². The van der Waals surface area contributed by atoms with E-state index in [1.54, 1.807) is 0 Å². The largest absolute Gasteiger partial charge is 0.494 e. The molecule has 0 bridgehead atoms. The van der Waals surface area contributed by atoms with Crippen molar-refractivity contribution in [3.8, 4) is 5.75 Å². The maximum absolute atomic E-state index is 12.2. The molecule has 1 heterocycles. The summed E-state index contributed by atoms with van der Waals surface area (Å²) in [4.78, 5) is 0. The van der Waals surface area contributed by atoms with Crippen LogP contribution in [0.5, 0.6) is 5.75 Å². The van der Waals surface area contributed by atoms with E-state index in [0.717, 1.165) is 18.4 Å². The highest BCUT2D eigenvalue weighted by molar-refractivity contribution is 7.91. The third kappa shape index (κ3) is 4.69. The van der Waals surface area contributed by atoms with E-state index < -0.39 is 15.9 Å². The molecule has 2 N–H and O–H groups in total. The van der Waals surface area contributed by atoms with Gasteiger partial charge in [-0.25, -0.2) is 8.42 Å². The lowest BCUT2D eigenvalue weighted by molar-refractivity contribution is 0.127. The smallest absolute Gasteiger partial charge is 0.154 e. The van der Waals surface area contributed by atoms with Crippen LogP contribution in [-0.4, -0.2) is 39.2 Å². The number of rotatable bonds is 7. The molecule has 21 heavy (non-hydrogen) atoms. The molecule has 0 amide bonds. The fourth-order valence-corrected chi connectivity index (χ4v) is 4.26. The summed E-state index contributed by atoms with van der Waals surface area (Å²) in [5.74, 6) is 0.619. The Morgan fingerprint density at radius 2 is 2.19 bits per heavy atom. The number of ether oxygens (including phenoxy) is 2. The molecule has 2 rings (SSSR count). The third-order valence-electron chi connectivity index (χ3n) is 3.52. The van der Waals surface area contributed by atoms with E-state index in [9.17, 15) is 8.42 Å². The summed E-state index contributed by atoms with van der Waals surface area (Å²) < 4.78 is 35.4. The Morgan fingerprint density at radius 1 is 1.43 bits per heavy atom. The van der Waals surface area contributed by atoms with Crippen molar-refractivity contribution in [1.29, 1.82) is 0 Å². The molecule has 0 aliphatic carbocycles. The topological polar surface area (TPSA) is 78.6 Å². The normalized spacial score (nSPS) is 20.4. The Kier molecular flexibility index (Phi) is 5.61. The maximum atomic E-state index is 12.2. The molecule has 2 unspecified atom stereocenters. The van der Waals surface area contributed by atoms with Crippen LogP contribution in [0.25, 0.3) is 0 Å². The van der Waals surface area contributed by atoms with Crippen LogP contribution in [0, 0.1) is 0 Å². The zero-order valence-electron chi connectivity index (χ0n) is 12.3. The predicted octanol–water partition coefficient (Wildman–Crippen LogP) is 1.68. The van der Waals surface area contributed by atoms with Gasteiger partial charge in [0.1, 0.15) is 5.75 Å². The Hall–Kier alpha value is -1.11. The molecule has 1 aliphatic rings. The number of sulfone groups is 1. The summed E-state index contributed by atoms with van der Waals surface area (Å²) in [6.45, 7) is 3.06. The number of para-hydroxylation sites is 1. The molecule has 6 heteroatoms. The van der Waals surface area contributed by atoms with Gasteiger partial charge in [0.25, 0.3) is 0 Å². The van der Waals surface area contributed by atoms with E-state index in [0.29, 0.717) is 19.0 Å². The highest BCUT2D eigenvalue weighted by Gasteiger charge is 2.26. The molecular weight excluding hydrogens is 290 g/mol. The van der Waals surface area contributed by atoms with Crippen molar-refractivity contribution in [2.45, 2.75) is 31.9 Å². The lowest BCUT2D eigenvalue weighted by atomic mass is 10.1. The highest BCUT2D eigenvalue weighted by Crippen LogP contribution is 2.25. The lowest BCUT2D eigenvalue weighted by Gasteiger charge is -2.17. The summed E-state index contributed by atoms with van der Waals surface area (Å²) in [5, 5.41) is 0. The quantitative estimate of drug-likeness (QED) is 0.828. The van der Waals surface area contributed by atoms with Gasteiger partial charge in [-0.05, 0) is 25.8 Å². The van der Waals surface area contributed by atoms with Gasteiger partial charge in [0.05, 0.1) is 24.2 Å². The monoisotopic (exact) mass is 313 g/mol. The molecule has 2 atom stereocenters. The number of hydrogen-bond acceptors (Lipinski definition) is 5. The number of nitrogens with two attached hydrogens (primary N) is 1.